The minimum absolute atomic E-state index is 0.00201. The van der Waals surface area contributed by atoms with Gasteiger partial charge in [-0.3, -0.25) is 4.79 Å². The Morgan fingerprint density at radius 3 is 2.58 bits per heavy atom. The van der Waals surface area contributed by atoms with Gasteiger partial charge in [-0.1, -0.05) is 42.5 Å². The molecule has 0 fully saturated rings. The molecule has 0 atom stereocenters. The number of nitrogens with one attached hydrogen (secondary N) is 1. The molecule has 2 aromatic carbocycles. The third-order valence-electron chi connectivity index (χ3n) is 4.43. The van der Waals surface area contributed by atoms with E-state index < -0.39 is 0 Å². The highest BCUT2D eigenvalue weighted by atomic mass is 16.3. The van der Waals surface area contributed by atoms with E-state index in [1.807, 2.05) is 54.6 Å². The maximum atomic E-state index is 12.5. The van der Waals surface area contributed by atoms with Crippen LogP contribution in [-0.2, 0) is 6.42 Å². The Hall–Kier alpha value is -3.58. The van der Waals surface area contributed by atoms with E-state index in [0.717, 1.165) is 16.9 Å². The van der Waals surface area contributed by atoms with Crippen LogP contribution in [0.1, 0.15) is 23.3 Å². The van der Waals surface area contributed by atoms with Gasteiger partial charge in [0.2, 0.25) is 0 Å². The smallest absolute Gasteiger partial charge is 0.189 e. The number of para-hydroxylation sites is 1. The Kier molecular flexibility index (Phi) is 4.12. The van der Waals surface area contributed by atoms with Crippen molar-refractivity contribution in [3.05, 3.63) is 93.5 Å². The predicted molar refractivity (Wildman–Crippen MR) is 101 cm³/mol. The maximum absolute atomic E-state index is 12.5. The Labute approximate surface area is 151 Å². The van der Waals surface area contributed by atoms with Gasteiger partial charge in [-0.2, -0.15) is 5.26 Å². The second kappa shape index (κ2) is 6.73. The molecule has 4 nitrogen and oxygen atoms in total. The van der Waals surface area contributed by atoms with E-state index in [4.69, 9.17) is 4.42 Å². The van der Waals surface area contributed by atoms with Gasteiger partial charge in [0, 0.05) is 29.0 Å². The van der Waals surface area contributed by atoms with Crippen molar-refractivity contribution >= 4 is 11.8 Å². The van der Waals surface area contributed by atoms with Crippen LogP contribution < -0.4 is 10.7 Å². The molecule has 0 unspecified atom stereocenters. The van der Waals surface area contributed by atoms with Crippen LogP contribution in [0.3, 0.4) is 0 Å². The normalized spacial score (nSPS) is 12.7. The zero-order valence-corrected chi connectivity index (χ0v) is 14.0. The van der Waals surface area contributed by atoms with Crippen molar-refractivity contribution in [2.24, 2.45) is 0 Å². The average Bonchev–Trinajstić information content (AvgIpc) is 2.69. The van der Waals surface area contributed by atoms with Crippen molar-refractivity contribution in [2.75, 3.05) is 5.32 Å². The molecule has 26 heavy (non-hydrogen) atoms. The first-order valence-electron chi connectivity index (χ1n) is 8.44. The van der Waals surface area contributed by atoms with E-state index in [2.05, 4.69) is 11.4 Å². The van der Waals surface area contributed by atoms with Crippen molar-refractivity contribution in [1.82, 2.24) is 0 Å². The molecule has 1 heterocycles. The van der Waals surface area contributed by atoms with E-state index in [-0.39, 0.29) is 5.43 Å². The third-order valence-corrected chi connectivity index (χ3v) is 4.43. The predicted octanol–water partition coefficient (Wildman–Crippen LogP) is 4.58. The highest BCUT2D eigenvalue weighted by Gasteiger charge is 2.18. The molecular formula is C22H16N2O2. The molecule has 1 aliphatic carbocycles. The summed E-state index contributed by atoms with van der Waals surface area (Å²) in [5.41, 5.74) is 3.83. The summed E-state index contributed by atoms with van der Waals surface area (Å²) in [5.74, 6) is 1.14. The minimum atomic E-state index is -0.00201. The molecule has 1 N–H and O–H groups in total. The number of hydrogen-bond acceptors (Lipinski definition) is 4. The highest BCUT2D eigenvalue weighted by Crippen LogP contribution is 2.28. The second-order valence-electron chi connectivity index (χ2n) is 6.14. The van der Waals surface area contributed by atoms with Crippen molar-refractivity contribution in [1.29, 1.82) is 5.26 Å². The lowest BCUT2D eigenvalue weighted by Crippen LogP contribution is -2.16. The number of nitrogens with zero attached hydrogens (tertiary/aromatic N) is 1. The number of allylic oxidation sites excluding steroid dienone is 1. The van der Waals surface area contributed by atoms with E-state index in [0.29, 0.717) is 35.5 Å². The summed E-state index contributed by atoms with van der Waals surface area (Å²) in [6.07, 6.45) is 3.17. The van der Waals surface area contributed by atoms with Gasteiger partial charge in [0.05, 0.1) is 11.3 Å². The van der Waals surface area contributed by atoms with Crippen LogP contribution in [0, 0.1) is 11.3 Å². The van der Waals surface area contributed by atoms with Gasteiger partial charge in [-0.15, -0.1) is 0 Å². The van der Waals surface area contributed by atoms with Gasteiger partial charge in [0.15, 0.2) is 5.43 Å². The van der Waals surface area contributed by atoms with Crippen LogP contribution in [0.25, 0.3) is 17.4 Å². The lowest BCUT2D eigenvalue weighted by molar-refractivity contribution is 0.539. The first-order chi connectivity index (χ1) is 12.7. The summed E-state index contributed by atoms with van der Waals surface area (Å²) >= 11 is 0. The summed E-state index contributed by atoms with van der Waals surface area (Å²) < 4.78 is 6.01. The van der Waals surface area contributed by atoms with E-state index in [1.54, 1.807) is 12.1 Å². The fraction of sp³-hybridized carbons (Fsp3) is 0.0909. The van der Waals surface area contributed by atoms with Crippen LogP contribution in [0.5, 0.6) is 0 Å². The Morgan fingerprint density at radius 2 is 1.77 bits per heavy atom. The van der Waals surface area contributed by atoms with E-state index in [1.165, 1.54) is 0 Å². The standard InChI is InChI=1S/C22H16N2O2/c23-14-16-8-4-5-9-19(16)24-17-10-11-18-20(25)13-21(26-22(18)12-17)15-6-2-1-3-7-15/h1-9,12-13,24H,10-11H2. The van der Waals surface area contributed by atoms with Gasteiger partial charge in [0.1, 0.15) is 17.6 Å². The SMILES string of the molecule is N#Cc1ccccc1NC1=Cc2oc(-c3ccccc3)cc(=O)c2CC1. The average molecular weight is 340 g/mol. The van der Waals surface area contributed by atoms with Gasteiger partial charge >= 0.3 is 0 Å². The summed E-state index contributed by atoms with van der Waals surface area (Å²) in [7, 11) is 0. The van der Waals surface area contributed by atoms with Crippen LogP contribution in [0.15, 0.2) is 75.6 Å². The molecule has 4 rings (SSSR count). The van der Waals surface area contributed by atoms with Crippen LogP contribution in [0.4, 0.5) is 5.69 Å². The van der Waals surface area contributed by atoms with Crippen molar-refractivity contribution in [3.63, 3.8) is 0 Å². The fourth-order valence-corrected chi connectivity index (χ4v) is 3.10. The molecule has 126 valence electrons. The largest absolute Gasteiger partial charge is 0.456 e. The number of anilines is 1. The van der Waals surface area contributed by atoms with Crippen molar-refractivity contribution in [3.8, 4) is 17.4 Å². The molecule has 0 aliphatic heterocycles. The van der Waals surface area contributed by atoms with Gasteiger partial charge in [-0.25, -0.2) is 0 Å². The molecule has 0 saturated heterocycles. The molecule has 0 bridgehead atoms. The Balaban J connectivity index is 1.72. The molecule has 0 saturated carbocycles. The lowest BCUT2D eigenvalue weighted by atomic mass is 9.99. The zero-order valence-electron chi connectivity index (χ0n) is 14.0. The molecule has 0 spiro atoms. The van der Waals surface area contributed by atoms with Gasteiger partial charge in [0.25, 0.3) is 0 Å². The molecule has 0 radical (unpaired) electrons. The van der Waals surface area contributed by atoms with Crippen LogP contribution in [-0.4, -0.2) is 0 Å². The number of hydrogen-bond donors (Lipinski definition) is 1. The van der Waals surface area contributed by atoms with Crippen LogP contribution >= 0.6 is 0 Å². The second-order valence-corrected chi connectivity index (χ2v) is 6.14. The topological polar surface area (TPSA) is 66.0 Å². The maximum Gasteiger partial charge on any atom is 0.189 e. The van der Waals surface area contributed by atoms with Crippen molar-refractivity contribution < 1.29 is 4.42 Å². The van der Waals surface area contributed by atoms with Gasteiger partial charge < -0.3 is 9.73 Å². The quantitative estimate of drug-likeness (QED) is 0.758. The summed E-state index contributed by atoms with van der Waals surface area (Å²) in [6, 6.07) is 20.7. The molecule has 1 aromatic heterocycles. The fourth-order valence-electron chi connectivity index (χ4n) is 3.10. The molecule has 0 amide bonds. The first kappa shape index (κ1) is 15.9. The summed E-state index contributed by atoms with van der Waals surface area (Å²) in [6.45, 7) is 0. The summed E-state index contributed by atoms with van der Waals surface area (Å²) in [4.78, 5) is 12.5. The zero-order chi connectivity index (χ0) is 17.9. The van der Waals surface area contributed by atoms with Gasteiger partial charge in [-0.05, 0) is 25.0 Å². The number of nitriles is 1. The van der Waals surface area contributed by atoms with Crippen molar-refractivity contribution in [2.45, 2.75) is 12.8 Å². The Morgan fingerprint density at radius 1 is 1.00 bits per heavy atom. The Bertz CT molecular complexity index is 1090. The van der Waals surface area contributed by atoms with E-state index >= 15 is 0 Å². The molecule has 1 aliphatic rings. The minimum Gasteiger partial charge on any atom is -0.456 e. The number of benzene rings is 2. The molecular weight excluding hydrogens is 324 g/mol. The number of rotatable bonds is 3. The summed E-state index contributed by atoms with van der Waals surface area (Å²) in [5, 5.41) is 12.5. The van der Waals surface area contributed by atoms with E-state index in [9.17, 15) is 10.1 Å². The molecule has 4 heteroatoms. The number of fused-ring (bicyclic) bond motifs is 1. The lowest BCUT2D eigenvalue weighted by Gasteiger charge is -2.18. The third kappa shape index (κ3) is 3.03. The van der Waals surface area contributed by atoms with Crippen LogP contribution in [0.2, 0.25) is 0 Å². The first-order valence-corrected chi connectivity index (χ1v) is 8.44. The molecule has 3 aromatic rings. The highest BCUT2D eigenvalue weighted by molar-refractivity contribution is 5.67. The monoisotopic (exact) mass is 340 g/mol.